The Labute approximate surface area is 117 Å². The van der Waals surface area contributed by atoms with Crippen LogP contribution in [0.2, 0.25) is 10.6 Å². The second-order valence-corrected chi connectivity index (χ2v) is 8.74. The van der Waals surface area contributed by atoms with Gasteiger partial charge in [-0.2, -0.15) is 0 Å². The van der Waals surface area contributed by atoms with Crippen molar-refractivity contribution >= 4 is 14.5 Å². The lowest BCUT2D eigenvalue weighted by molar-refractivity contribution is 0.539. The Morgan fingerprint density at radius 1 is 0.944 bits per heavy atom. The van der Waals surface area contributed by atoms with Gasteiger partial charge in [0.2, 0.25) is 0 Å². The van der Waals surface area contributed by atoms with Crippen molar-refractivity contribution in [2.24, 2.45) is 0 Å². The summed E-state index contributed by atoms with van der Waals surface area (Å²) in [5.41, 5.74) is 2.75. The molecule has 100 valence electrons. The molecule has 0 bridgehead atoms. The van der Waals surface area contributed by atoms with Crippen LogP contribution in [0, 0.1) is 0 Å². The zero-order valence-corrected chi connectivity index (χ0v) is 13.9. The summed E-state index contributed by atoms with van der Waals surface area (Å²) in [6.07, 6.45) is 0. The molecule has 1 aromatic carbocycles. The molecule has 0 unspecified atom stereocenters. The Morgan fingerprint density at radius 3 is 1.72 bits per heavy atom. The average Bonchev–Trinajstić information content (AvgIpc) is 2.35. The van der Waals surface area contributed by atoms with Crippen molar-refractivity contribution in [1.82, 2.24) is 0 Å². The molecule has 0 fully saturated rings. The molecular formula is C16H27AlO. The van der Waals surface area contributed by atoms with Gasteiger partial charge in [-0.15, -0.1) is 0 Å². The largest absolute Gasteiger partial charge is 0.642 e. The Balaban J connectivity index is 3.18. The van der Waals surface area contributed by atoms with Gasteiger partial charge >= 0.3 is 14.5 Å². The topological polar surface area (TPSA) is 9.23 Å². The van der Waals surface area contributed by atoms with Crippen LogP contribution in [0.1, 0.15) is 64.5 Å². The van der Waals surface area contributed by atoms with Crippen LogP contribution < -0.4 is 3.79 Å². The number of hydrogen-bond acceptors (Lipinski definition) is 1. The van der Waals surface area contributed by atoms with E-state index in [2.05, 4.69) is 59.7 Å². The Bertz CT molecular complexity index is 341. The van der Waals surface area contributed by atoms with Crippen LogP contribution in [0.5, 0.6) is 5.75 Å². The van der Waals surface area contributed by atoms with Gasteiger partial charge in [-0.25, -0.2) is 0 Å². The second-order valence-electron chi connectivity index (χ2n) is 5.63. The molecule has 0 amide bonds. The van der Waals surface area contributed by atoms with Crippen LogP contribution in [0.15, 0.2) is 18.2 Å². The lowest BCUT2D eigenvalue weighted by Gasteiger charge is -2.23. The molecule has 2 heteroatoms. The molecule has 0 spiro atoms. The molecule has 0 saturated heterocycles. The minimum Gasteiger partial charge on any atom is -0.642 e. The molecule has 0 saturated carbocycles. The quantitative estimate of drug-likeness (QED) is 0.628. The molecule has 1 nitrogen and oxygen atoms in total. The molecule has 0 aliphatic carbocycles. The van der Waals surface area contributed by atoms with Crippen molar-refractivity contribution < 1.29 is 3.79 Å². The van der Waals surface area contributed by atoms with E-state index in [4.69, 9.17) is 3.79 Å². The number of benzene rings is 1. The first-order valence-corrected chi connectivity index (χ1v) is 9.41. The van der Waals surface area contributed by atoms with Gasteiger partial charge in [0.1, 0.15) is 0 Å². The Kier molecular flexibility index (Phi) is 6.26. The maximum Gasteiger partial charge on any atom is 0.546 e. The van der Waals surface area contributed by atoms with Gasteiger partial charge in [0.25, 0.3) is 0 Å². The van der Waals surface area contributed by atoms with Crippen LogP contribution in [-0.2, 0) is 0 Å². The first-order valence-electron chi connectivity index (χ1n) is 7.30. The van der Waals surface area contributed by atoms with E-state index in [1.54, 1.807) is 0 Å². The van der Waals surface area contributed by atoms with E-state index in [1.807, 2.05) is 0 Å². The minimum absolute atomic E-state index is 0.530. The standard InChI is InChI=1S/C12H18O.2C2H5.Al/c1-8(2)10-6-5-7-11(9(3)4)12(10)13;2*1-2;/h5-9,13H,1-4H3;2*1H2,2H3;/q;;;+1/p-1. The highest BCUT2D eigenvalue weighted by Gasteiger charge is 2.22. The highest BCUT2D eigenvalue weighted by molar-refractivity contribution is 6.52. The third-order valence-electron chi connectivity index (χ3n) is 3.52. The van der Waals surface area contributed by atoms with Crippen molar-refractivity contribution in [3.63, 3.8) is 0 Å². The smallest absolute Gasteiger partial charge is 0.546 e. The lowest BCUT2D eigenvalue weighted by Crippen LogP contribution is -2.21. The van der Waals surface area contributed by atoms with Gasteiger partial charge in [-0.05, 0) is 23.0 Å². The highest BCUT2D eigenvalue weighted by atomic mass is 27.2. The van der Waals surface area contributed by atoms with E-state index >= 15 is 0 Å². The predicted molar refractivity (Wildman–Crippen MR) is 82.0 cm³/mol. The van der Waals surface area contributed by atoms with Crippen molar-refractivity contribution in [2.45, 2.75) is 63.9 Å². The molecule has 0 aromatic heterocycles. The zero-order valence-electron chi connectivity index (χ0n) is 12.8. The fourth-order valence-corrected chi connectivity index (χ4v) is 3.76. The molecule has 0 radical (unpaired) electrons. The van der Waals surface area contributed by atoms with Crippen molar-refractivity contribution in [1.29, 1.82) is 0 Å². The Hall–Kier alpha value is -0.448. The molecular weight excluding hydrogens is 235 g/mol. The monoisotopic (exact) mass is 262 g/mol. The summed E-state index contributed by atoms with van der Waals surface area (Å²) in [5.74, 6) is 2.26. The van der Waals surface area contributed by atoms with Crippen LogP contribution in [0.4, 0.5) is 0 Å². The highest BCUT2D eigenvalue weighted by Crippen LogP contribution is 2.35. The molecule has 0 heterocycles. The minimum atomic E-state index is -1.06. The first kappa shape index (κ1) is 15.6. The molecule has 0 aliphatic heterocycles. The van der Waals surface area contributed by atoms with Crippen molar-refractivity contribution in [2.75, 3.05) is 0 Å². The van der Waals surface area contributed by atoms with Crippen LogP contribution >= 0.6 is 0 Å². The van der Waals surface area contributed by atoms with E-state index < -0.39 is 14.5 Å². The second kappa shape index (κ2) is 7.22. The summed E-state index contributed by atoms with van der Waals surface area (Å²) in [7, 11) is 0. The van der Waals surface area contributed by atoms with E-state index in [1.165, 1.54) is 27.4 Å². The zero-order chi connectivity index (χ0) is 13.7. The van der Waals surface area contributed by atoms with E-state index in [0.29, 0.717) is 11.8 Å². The predicted octanol–water partition coefficient (Wildman–Crippen LogP) is 5.34. The fraction of sp³-hybridized carbons (Fsp3) is 0.625. The average molecular weight is 262 g/mol. The number of para-hydroxylation sites is 1. The lowest BCUT2D eigenvalue weighted by atomic mass is 9.94. The van der Waals surface area contributed by atoms with Gasteiger partial charge in [-0.1, -0.05) is 70.3 Å². The Morgan fingerprint density at radius 2 is 1.39 bits per heavy atom. The summed E-state index contributed by atoms with van der Waals surface area (Å²) in [6.45, 7) is 13.5. The van der Waals surface area contributed by atoms with Crippen molar-refractivity contribution in [3.05, 3.63) is 29.3 Å². The normalized spacial score (nSPS) is 11.1. The fourth-order valence-electron chi connectivity index (χ4n) is 2.24. The van der Waals surface area contributed by atoms with Crippen LogP contribution in [0.3, 0.4) is 0 Å². The molecule has 0 atom stereocenters. The van der Waals surface area contributed by atoms with Gasteiger partial charge in [-0.3, -0.25) is 0 Å². The summed E-state index contributed by atoms with van der Waals surface area (Å²) in [4.78, 5) is 0. The number of rotatable bonds is 6. The summed E-state index contributed by atoms with van der Waals surface area (Å²) in [5, 5.41) is 2.42. The van der Waals surface area contributed by atoms with Gasteiger partial charge in [0, 0.05) is 0 Å². The molecule has 0 N–H and O–H groups in total. The van der Waals surface area contributed by atoms with E-state index in [-0.39, 0.29) is 0 Å². The SMILES string of the molecule is C[CH2][Al]([CH2]C)[O]c1c(C(C)C)cccc1C(C)C. The van der Waals surface area contributed by atoms with Crippen molar-refractivity contribution in [3.8, 4) is 5.75 Å². The summed E-state index contributed by atoms with van der Waals surface area (Å²) >= 11 is -1.06. The van der Waals surface area contributed by atoms with E-state index in [9.17, 15) is 0 Å². The van der Waals surface area contributed by atoms with Gasteiger partial charge in [0.05, 0.1) is 5.75 Å². The molecule has 1 aromatic rings. The van der Waals surface area contributed by atoms with Crippen LogP contribution in [0.25, 0.3) is 0 Å². The van der Waals surface area contributed by atoms with E-state index in [0.717, 1.165) is 0 Å². The van der Waals surface area contributed by atoms with Gasteiger partial charge < -0.3 is 3.79 Å². The summed E-state index contributed by atoms with van der Waals surface area (Å²) < 4.78 is 6.44. The molecule has 1 rings (SSSR count). The maximum absolute atomic E-state index is 6.44. The molecule has 18 heavy (non-hydrogen) atoms. The third kappa shape index (κ3) is 3.77. The number of hydrogen-bond donors (Lipinski definition) is 0. The summed E-state index contributed by atoms with van der Waals surface area (Å²) in [6, 6.07) is 6.62. The van der Waals surface area contributed by atoms with Crippen LogP contribution in [-0.4, -0.2) is 14.5 Å². The maximum atomic E-state index is 6.44. The molecule has 0 aliphatic rings. The first-order chi connectivity index (χ1) is 8.51. The third-order valence-corrected chi connectivity index (χ3v) is 5.91. The van der Waals surface area contributed by atoms with Gasteiger partial charge in [0.15, 0.2) is 0 Å².